The predicted octanol–water partition coefficient (Wildman–Crippen LogP) is 1.56. The number of hydrogen-bond acceptors (Lipinski definition) is 3. The summed E-state index contributed by atoms with van der Waals surface area (Å²) in [5.41, 5.74) is 1.39. The number of nitriles is 1. The third-order valence-electron chi connectivity index (χ3n) is 2.99. The maximum Gasteiger partial charge on any atom is 0.326 e. The second-order valence-electron chi connectivity index (χ2n) is 4.34. The van der Waals surface area contributed by atoms with Crippen LogP contribution in [0.25, 0.3) is 0 Å². The Morgan fingerprint density at radius 2 is 2.00 bits per heavy atom. The molecule has 0 radical (unpaired) electrons. The fourth-order valence-electron chi connectivity index (χ4n) is 1.76. The van der Waals surface area contributed by atoms with Crippen molar-refractivity contribution < 1.29 is 14.7 Å². The van der Waals surface area contributed by atoms with Crippen LogP contribution in [-0.2, 0) is 11.3 Å². The third-order valence-corrected chi connectivity index (χ3v) is 2.99. The molecule has 20 heavy (non-hydrogen) atoms. The lowest BCUT2D eigenvalue weighted by molar-refractivity contribution is -0.141. The fourth-order valence-corrected chi connectivity index (χ4v) is 1.76. The second kappa shape index (κ2) is 7.14. The SMILES string of the molecule is CCC(C(=O)O)N(C)C(=O)NCc1ccc(C#N)cc1. The van der Waals surface area contributed by atoms with Crippen LogP contribution in [-0.4, -0.2) is 35.1 Å². The van der Waals surface area contributed by atoms with Crippen LogP contribution in [0.5, 0.6) is 0 Å². The Balaban J connectivity index is 2.58. The molecule has 0 saturated carbocycles. The van der Waals surface area contributed by atoms with E-state index < -0.39 is 18.0 Å². The highest BCUT2D eigenvalue weighted by molar-refractivity contribution is 5.82. The summed E-state index contributed by atoms with van der Waals surface area (Å²) in [6.45, 7) is 1.99. The zero-order chi connectivity index (χ0) is 15.1. The number of amides is 2. The topological polar surface area (TPSA) is 93.4 Å². The van der Waals surface area contributed by atoms with Crippen LogP contribution in [0.4, 0.5) is 4.79 Å². The van der Waals surface area contributed by atoms with Gasteiger partial charge in [0.25, 0.3) is 0 Å². The van der Waals surface area contributed by atoms with Gasteiger partial charge in [-0.3, -0.25) is 0 Å². The number of urea groups is 1. The van der Waals surface area contributed by atoms with Gasteiger partial charge in [0.1, 0.15) is 6.04 Å². The van der Waals surface area contributed by atoms with Gasteiger partial charge in [-0.15, -0.1) is 0 Å². The van der Waals surface area contributed by atoms with E-state index in [1.165, 1.54) is 11.9 Å². The van der Waals surface area contributed by atoms with Crippen molar-refractivity contribution in [3.8, 4) is 6.07 Å². The third kappa shape index (κ3) is 3.99. The van der Waals surface area contributed by atoms with Crippen molar-refractivity contribution in [2.45, 2.75) is 25.9 Å². The van der Waals surface area contributed by atoms with Gasteiger partial charge in [0, 0.05) is 13.6 Å². The molecule has 0 bridgehead atoms. The van der Waals surface area contributed by atoms with E-state index in [4.69, 9.17) is 10.4 Å². The summed E-state index contributed by atoms with van der Waals surface area (Å²) >= 11 is 0. The highest BCUT2D eigenvalue weighted by Gasteiger charge is 2.24. The average Bonchev–Trinajstić information content (AvgIpc) is 2.45. The highest BCUT2D eigenvalue weighted by Crippen LogP contribution is 2.05. The molecule has 1 atom stereocenters. The first-order valence-corrected chi connectivity index (χ1v) is 6.22. The van der Waals surface area contributed by atoms with Gasteiger partial charge in [-0.05, 0) is 24.1 Å². The number of carboxylic acid groups (broad SMARTS) is 1. The van der Waals surface area contributed by atoms with Gasteiger partial charge in [0.2, 0.25) is 0 Å². The summed E-state index contributed by atoms with van der Waals surface area (Å²) in [5.74, 6) is -1.02. The first-order chi connectivity index (χ1) is 9.49. The van der Waals surface area contributed by atoms with Gasteiger partial charge in [0.05, 0.1) is 11.6 Å². The first-order valence-electron chi connectivity index (χ1n) is 6.22. The van der Waals surface area contributed by atoms with Gasteiger partial charge < -0.3 is 15.3 Å². The Hall–Kier alpha value is -2.55. The second-order valence-corrected chi connectivity index (χ2v) is 4.34. The van der Waals surface area contributed by atoms with E-state index in [0.29, 0.717) is 12.0 Å². The largest absolute Gasteiger partial charge is 0.480 e. The van der Waals surface area contributed by atoms with Crippen molar-refractivity contribution in [3.63, 3.8) is 0 Å². The first kappa shape index (κ1) is 15.5. The Morgan fingerprint density at radius 1 is 1.40 bits per heavy atom. The zero-order valence-corrected chi connectivity index (χ0v) is 11.5. The Labute approximate surface area is 117 Å². The van der Waals surface area contributed by atoms with Crippen molar-refractivity contribution in [3.05, 3.63) is 35.4 Å². The van der Waals surface area contributed by atoms with Crippen molar-refractivity contribution in [2.24, 2.45) is 0 Å². The van der Waals surface area contributed by atoms with E-state index in [9.17, 15) is 9.59 Å². The number of nitrogens with zero attached hydrogens (tertiary/aromatic N) is 2. The molecule has 0 aliphatic rings. The van der Waals surface area contributed by atoms with E-state index >= 15 is 0 Å². The number of nitrogens with one attached hydrogen (secondary N) is 1. The number of hydrogen-bond donors (Lipinski definition) is 2. The average molecular weight is 275 g/mol. The summed E-state index contributed by atoms with van der Waals surface area (Å²) < 4.78 is 0. The van der Waals surface area contributed by atoms with Gasteiger partial charge in [-0.25, -0.2) is 9.59 Å². The zero-order valence-electron chi connectivity index (χ0n) is 11.5. The molecule has 0 aromatic heterocycles. The molecule has 1 unspecified atom stereocenters. The monoisotopic (exact) mass is 275 g/mol. The number of aliphatic carboxylic acids is 1. The van der Waals surface area contributed by atoms with Crippen molar-refractivity contribution in [2.75, 3.05) is 7.05 Å². The maximum atomic E-state index is 11.8. The highest BCUT2D eigenvalue weighted by atomic mass is 16.4. The normalized spacial score (nSPS) is 11.2. The fraction of sp³-hybridized carbons (Fsp3) is 0.357. The van der Waals surface area contributed by atoms with Crippen LogP contribution in [0.1, 0.15) is 24.5 Å². The summed E-state index contributed by atoms with van der Waals surface area (Å²) in [6.07, 6.45) is 0.343. The molecule has 106 valence electrons. The van der Waals surface area contributed by atoms with Crippen molar-refractivity contribution in [1.82, 2.24) is 10.2 Å². The molecule has 0 aliphatic heterocycles. The lowest BCUT2D eigenvalue weighted by atomic mass is 10.1. The molecule has 0 heterocycles. The lowest BCUT2D eigenvalue weighted by Gasteiger charge is -2.24. The van der Waals surface area contributed by atoms with E-state index in [1.54, 1.807) is 31.2 Å². The minimum atomic E-state index is -1.02. The standard InChI is InChI=1S/C14H17N3O3/c1-3-12(13(18)19)17(2)14(20)16-9-11-6-4-10(8-15)5-7-11/h4-7,12H,3,9H2,1-2H3,(H,16,20)(H,18,19). The summed E-state index contributed by atoms with van der Waals surface area (Å²) in [5, 5.41) is 20.3. The van der Waals surface area contributed by atoms with E-state index in [1.807, 2.05) is 6.07 Å². The predicted molar refractivity (Wildman–Crippen MR) is 72.9 cm³/mol. The van der Waals surface area contributed by atoms with Crippen LogP contribution >= 0.6 is 0 Å². The van der Waals surface area contributed by atoms with Crippen molar-refractivity contribution >= 4 is 12.0 Å². The van der Waals surface area contributed by atoms with Crippen LogP contribution in [0.3, 0.4) is 0 Å². The smallest absolute Gasteiger partial charge is 0.326 e. The molecular weight excluding hydrogens is 258 g/mol. The molecular formula is C14H17N3O3. The molecule has 6 nitrogen and oxygen atoms in total. The maximum absolute atomic E-state index is 11.8. The number of benzene rings is 1. The summed E-state index contributed by atoms with van der Waals surface area (Å²) in [6, 6.07) is 7.55. The molecule has 6 heteroatoms. The van der Waals surface area contributed by atoms with E-state index in [-0.39, 0.29) is 6.54 Å². The molecule has 1 rings (SSSR count). The Morgan fingerprint density at radius 3 is 2.45 bits per heavy atom. The van der Waals surface area contributed by atoms with E-state index in [0.717, 1.165) is 5.56 Å². The minimum Gasteiger partial charge on any atom is -0.480 e. The Bertz CT molecular complexity index is 519. The molecule has 0 aliphatic carbocycles. The molecule has 1 aromatic rings. The van der Waals surface area contributed by atoms with E-state index in [2.05, 4.69) is 5.32 Å². The van der Waals surface area contributed by atoms with Crippen LogP contribution < -0.4 is 5.32 Å². The molecule has 0 fully saturated rings. The van der Waals surface area contributed by atoms with Gasteiger partial charge in [-0.2, -0.15) is 5.26 Å². The number of carboxylic acids is 1. The molecule has 2 N–H and O–H groups in total. The molecule has 0 saturated heterocycles. The van der Waals surface area contributed by atoms with Gasteiger partial charge in [0.15, 0.2) is 0 Å². The van der Waals surface area contributed by atoms with Crippen LogP contribution in [0, 0.1) is 11.3 Å². The molecule has 2 amide bonds. The number of carbonyl (C=O) groups excluding carboxylic acids is 1. The van der Waals surface area contributed by atoms with Gasteiger partial charge in [-0.1, -0.05) is 19.1 Å². The quantitative estimate of drug-likeness (QED) is 0.852. The molecule has 1 aromatic carbocycles. The number of likely N-dealkylation sites (N-methyl/N-ethyl adjacent to an activating group) is 1. The van der Waals surface area contributed by atoms with Crippen LogP contribution in [0.15, 0.2) is 24.3 Å². The Kier molecular flexibility index (Phi) is 5.54. The molecule has 0 spiro atoms. The number of rotatable bonds is 5. The van der Waals surface area contributed by atoms with Crippen molar-refractivity contribution in [1.29, 1.82) is 5.26 Å². The number of carbonyl (C=O) groups is 2. The lowest BCUT2D eigenvalue weighted by Crippen LogP contribution is -2.46. The van der Waals surface area contributed by atoms with Gasteiger partial charge >= 0.3 is 12.0 Å². The summed E-state index contributed by atoms with van der Waals surface area (Å²) in [7, 11) is 1.45. The van der Waals surface area contributed by atoms with Crippen LogP contribution in [0.2, 0.25) is 0 Å². The minimum absolute atomic E-state index is 0.283. The summed E-state index contributed by atoms with van der Waals surface area (Å²) in [4.78, 5) is 24.0.